The van der Waals surface area contributed by atoms with Crippen LogP contribution in [0.4, 0.5) is 0 Å². The van der Waals surface area contributed by atoms with E-state index in [1.807, 2.05) is 0 Å². The first kappa shape index (κ1) is 16.1. The first-order valence-corrected chi connectivity index (χ1v) is 7.71. The van der Waals surface area contributed by atoms with Gasteiger partial charge in [0.15, 0.2) is 5.75 Å². The van der Waals surface area contributed by atoms with Gasteiger partial charge in [0.05, 0.1) is 15.1 Å². The minimum Gasteiger partial charge on any atom is -0.425 e. The van der Waals surface area contributed by atoms with Gasteiger partial charge in [-0.25, -0.2) is 0 Å². The highest BCUT2D eigenvalue weighted by Gasteiger charge is 2.11. The molecule has 0 unspecified atom stereocenters. The van der Waals surface area contributed by atoms with Gasteiger partial charge in [0, 0.05) is 17.8 Å². The zero-order chi connectivity index (χ0) is 13.5. The molecule has 2 nitrogen and oxygen atoms in total. The molecule has 0 radical (unpaired) electrons. The summed E-state index contributed by atoms with van der Waals surface area (Å²) in [4.78, 5) is 11.6. The van der Waals surface area contributed by atoms with Crippen LogP contribution in [0.1, 0.15) is 25.7 Å². The fourth-order valence-electron chi connectivity index (χ4n) is 1.30. The first-order valence-electron chi connectivity index (χ1n) is 5.45. The summed E-state index contributed by atoms with van der Waals surface area (Å²) < 4.78 is 5.14. The number of halogens is 4. The van der Waals surface area contributed by atoms with E-state index in [4.69, 9.17) is 39.5 Å². The quantitative estimate of drug-likeness (QED) is 0.216. The van der Waals surface area contributed by atoms with Gasteiger partial charge in [-0.2, -0.15) is 0 Å². The maximum absolute atomic E-state index is 11.6. The van der Waals surface area contributed by atoms with Crippen LogP contribution in [-0.4, -0.2) is 11.3 Å². The third kappa shape index (κ3) is 5.35. The number of unbranched alkanes of at least 4 members (excludes halogenated alkanes) is 2. The Labute approximate surface area is 130 Å². The van der Waals surface area contributed by atoms with Gasteiger partial charge in [-0.15, -0.1) is 0 Å². The molecule has 0 aromatic heterocycles. The van der Waals surface area contributed by atoms with Crippen molar-refractivity contribution in [2.24, 2.45) is 0 Å². The predicted octanol–water partition coefficient (Wildman–Crippen LogP) is 5.51. The molecule has 0 heterocycles. The Balaban J connectivity index is 2.51. The summed E-state index contributed by atoms with van der Waals surface area (Å²) in [5.74, 6) is -0.0681. The molecule has 0 amide bonds. The lowest BCUT2D eigenvalue weighted by atomic mass is 10.2. The number of carbonyl (C=O) groups excluding carboxylic acids is 1. The Bertz CT molecular complexity index is 424. The molecule has 0 N–H and O–H groups in total. The summed E-state index contributed by atoms with van der Waals surface area (Å²) in [6, 6.07) is 2.90. The maximum atomic E-state index is 11.6. The average molecular weight is 374 g/mol. The number of alkyl halides is 1. The first-order chi connectivity index (χ1) is 8.54. The second kappa shape index (κ2) is 8.26. The number of benzene rings is 1. The summed E-state index contributed by atoms with van der Waals surface area (Å²) in [5, 5.41) is 1.86. The van der Waals surface area contributed by atoms with Gasteiger partial charge < -0.3 is 4.74 Å². The second-order valence-electron chi connectivity index (χ2n) is 3.67. The topological polar surface area (TPSA) is 26.3 Å². The molecule has 0 aliphatic rings. The maximum Gasteiger partial charge on any atom is 0.311 e. The second-order valence-corrected chi connectivity index (χ2v) is 5.69. The largest absolute Gasteiger partial charge is 0.425 e. The Hall–Kier alpha value is 0.0400. The summed E-state index contributed by atoms with van der Waals surface area (Å²) >= 11 is 20.8. The molecule has 100 valence electrons. The lowest BCUT2D eigenvalue weighted by Crippen LogP contribution is -2.08. The zero-order valence-corrected chi connectivity index (χ0v) is 13.4. The molecule has 6 heteroatoms. The van der Waals surface area contributed by atoms with E-state index >= 15 is 0 Å². The Morgan fingerprint density at radius 2 is 1.72 bits per heavy atom. The van der Waals surface area contributed by atoms with Crippen LogP contribution in [0.2, 0.25) is 15.1 Å². The fourth-order valence-corrected chi connectivity index (χ4v) is 2.27. The molecule has 0 bridgehead atoms. The van der Waals surface area contributed by atoms with Gasteiger partial charge in [-0.05, 0) is 18.9 Å². The number of carbonyl (C=O) groups is 1. The highest BCUT2D eigenvalue weighted by molar-refractivity contribution is 9.09. The van der Waals surface area contributed by atoms with Crippen molar-refractivity contribution >= 4 is 56.7 Å². The van der Waals surface area contributed by atoms with Crippen LogP contribution in [-0.2, 0) is 4.79 Å². The van der Waals surface area contributed by atoms with E-state index in [9.17, 15) is 4.79 Å². The molecule has 0 spiro atoms. The number of esters is 1. The van der Waals surface area contributed by atoms with Gasteiger partial charge in [-0.1, -0.05) is 57.2 Å². The number of rotatable bonds is 6. The molecule has 0 aliphatic heterocycles. The Morgan fingerprint density at radius 1 is 1.06 bits per heavy atom. The lowest BCUT2D eigenvalue weighted by molar-refractivity contribution is -0.134. The minimum absolute atomic E-state index is 0.247. The smallest absolute Gasteiger partial charge is 0.311 e. The molecule has 0 atom stereocenters. The van der Waals surface area contributed by atoms with E-state index in [0.29, 0.717) is 16.5 Å². The monoisotopic (exact) mass is 372 g/mol. The summed E-state index contributed by atoms with van der Waals surface area (Å²) in [6.45, 7) is 0. The van der Waals surface area contributed by atoms with E-state index < -0.39 is 0 Å². The SMILES string of the molecule is O=C(CCCCCBr)Oc1cc(Cl)c(Cl)cc1Cl. The van der Waals surface area contributed by atoms with Crippen molar-refractivity contribution in [1.82, 2.24) is 0 Å². The van der Waals surface area contributed by atoms with Crippen molar-refractivity contribution in [3.05, 3.63) is 27.2 Å². The van der Waals surface area contributed by atoms with Crippen LogP contribution in [0.15, 0.2) is 12.1 Å². The molecule has 18 heavy (non-hydrogen) atoms. The Morgan fingerprint density at radius 3 is 2.39 bits per heavy atom. The van der Waals surface area contributed by atoms with Crippen molar-refractivity contribution < 1.29 is 9.53 Å². The van der Waals surface area contributed by atoms with Gasteiger partial charge in [-0.3, -0.25) is 4.79 Å². The van der Waals surface area contributed by atoms with Crippen molar-refractivity contribution in [1.29, 1.82) is 0 Å². The van der Waals surface area contributed by atoms with Gasteiger partial charge in [0.25, 0.3) is 0 Å². The molecule has 0 saturated heterocycles. The minimum atomic E-state index is -0.315. The molecular weight excluding hydrogens is 362 g/mol. The molecule has 1 aromatic rings. The number of hydrogen-bond acceptors (Lipinski definition) is 2. The van der Waals surface area contributed by atoms with E-state index in [0.717, 1.165) is 24.6 Å². The molecule has 1 aromatic carbocycles. The third-order valence-electron chi connectivity index (χ3n) is 2.21. The number of ether oxygens (including phenoxy) is 1. The third-order valence-corrected chi connectivity index (χ3v) is 3.79. The summed E-state index contributed by atoms with van der Waals surface area (Å²) in [5.41, 5.74) is 0. The van der Waals surface area contributed by atoms with E-state index in [-0.39, 0.29) is 16.7 Å². The highest BCUT2D eigenvalue weighted by atomic mass is 79.9. The Kier molecular flexibility index (Phi) is 7.38. The van der Waals surface area contributed by atoms with E-state index in [1.165, 1.54) is 12.1 Å². The van der Waals surface area contributed by atoms with Crippen LogP contribution in [0.25, 0.3) is 0 Å². The molecule has 0 fully saturated rings. The highest BCUT2D eigenvalue weighted by Crippen LogP contribution is 2.34. The van der Waals surface area contributed by atoms with Crippen molar-refractivity contribution in [2.75, 3.05) is 5.33 Å². The van der Waals surface area contributed by atoms with Crippen LogP contribution in [0.3, 0.4) is 0 Å². The van der Waals surface area contributed by atoms with Crippen molar-refractivity contribution in [3.8, 4) is 5.75 Å². The predicted molar refractivity (Wildman–Crippen MR) is 79.4 cm³/mol. The molecular formula is C12H12BrCl3O2. The van der Waals surface area contributed by atoms with Gasteiger partial charge in [0.1, 0.15) is 0 Å². The molecule has 0 saturated carbocycles. The van der Waals surface area contributed by atoms with Crippen LogP contribution < -0.4 is 4.74 Å². The van der Waals surface area contributed by atoms with Crippen LogP contribution in [0.5, 0.6) is 5.75 Å². The standard InChI is InChI=1S/C12H12BrCl3O2/c13-5-3-1-2-4-12(17)18-11-7-9(15)8(14)6-10(11)16/h6-7H,1-5H2. The summed E-state index contributed by atoms with van der Waals surface area (Å²) in [7, 11) is 0. The zero-order valence-electron chi connectivity index (χ0n) is 9.52. The van der Waals surface area contributed by atoms with E-state index in [2.05, 4.69) is 15.9 Å². The van der Waals surface area contributed by atoms with E-state index in [1.54, 1.807) is 0 Å². The van der Waals surface area contributed by atoms with Crippen LogP contribution in [0, 0.1) is 0 Å². The normalized spacial score (nSPS) is 10.4. The van der Waals surface area contributed by atoms with Gasteiger partial charge in [0.2, 0.25) is 0 Å². The van der Waals surface area contributed by atoms with Crippen molar-refractivity contribution in [3.63, 3.8) is 0 Å². The van der Waals surface area contributed by atoms with Crippen LogP contribution >= 0.6 is 50.7 Å². The average Bonchev–Trinajstić information content (AvgIpc) is 2.32. The molecule has 1 rings (SSSR count). The molecule has 0 aliphatic carbocycles. The summed E-state index contributed by atoms with van der Waals surface area (Å²) in [6.07, 6.45) is 3.18. The lowest BCUT2D eigenvalue weighted by Gasteiger charge is -2.07. The fraction of sp³-hybridized carbons (Fsp3) is 0.417. The number of hydrogen-bond donors (Lipinski definition) is 0. The van der Waals surface area contributed by atoms with Crippen molar-refractivity contribution in [2.45, 2.75) is 25.7 Å². The van der Waals surface area contributed by atoms with Gasteiger partial charge >= 0.3 is 5.97 Å².